The third-order valence-corrected chi connectivity index (χ3v) is 3.28. The van der Waals surface area contributed by atoms with E-state index in [-0.39, 0.29) is 0 Å². The molecule has 0 spiro atoms. The zero-order valence-corrected chi connectivity index (χ0v) is 7.14. The van der Waals surface area contributed by atoms with Gasteiger partial charge in [-0.1, -0.05) is 0 Å². The summed E-state index contributed by atoms with van der Waals surface area (Å²) in [5.41, 5.74) is 5.38. The van der Waals surface area contributed by atoms with Gasteiger partial charge in [0.2, 0.25) is 0 Å². The molecule has 1 heterocycles. The second kappa shape index (κ2) is 3.97. The van der Waals surface area contributed by atoms with Gasteiger partial charge in [-0.2, -0.15) is 11.8 Å². The molecule has 11 heavy (non-hydrogen) atoms. The zero-order valence-electron chi connectivity index (χ0n) is 6.32. The number of thioether (sulfide) groups is 1. The summed E-state index contributed by atoms with van der Waals surface area (Å²) in [6, 6.07) is -0.661. The second-order valence-corrected chi connectivity index (χ2v) is 4.22. The van der Waals surface area contributed by atoms with Crippen LogP contribution in [0, 0.1) is 0 Å². The standard InChI is InChI=1S/C7H13NO2S/c8-6(7(9)10)4-5-2-1-3-11-5/h5-6H,1-4,8H2,(H,9,10). The van der Waals surface area contributed by atoms with Crippen LogP contribution in [-0.2, 0) is 4.79 Å². The smallest absolute Gasteiger partial charge is 0.320 e. The fourth-order valence-electron chi connectivity index (χ4n) is 1.21. The van der Waals surface area contributed by atoms with Crippen LogP contribution in [0.15, 0.2) is 0 Å². The summed E-state index contributed by atoms with van der Waals surface area (Å²) in [6.45, 7) is 0. The molecule has 0 aromatic carbocycles. The molecule has 3 nitrogen and oxygen atoms in total. The van der Waals surface area contributed by atoms with Gasteiger partial charge in [0.25, 0.3) is 0 Å². The number of hydrogen-bond donors (Lipinski definition) is 2. The van der Waals surface area contributed by atoms with Crippen LogP contribution >= 0.6 is 11.8 Å². The van der Waals surface area contributed by atoms with Crippen molar-refractivity contribution in [3.63, 3.8) is 0 Å². The van der Waals surface area contributed by atoms with Crippen molar-refractivity contribution in [2.45, 2.75) is 30.6 Å². The third-order valence-electron chi connectivity index (χ3n) is 1.86. The minimum atomic E-state index is -0.877. The molecule has 0 aromatic rings. The molecule has 0 amide bonds. The lowest BCUT2D eigenvalue weighted by Crippen LogP contribution is -2.32. The van der Waals surface area contributed by atoms with Gasteiger partial charge in [-0.15, -0.1) is 0 Å². The predicted octanol–water partition coefficient (Wildman–Crippen LogP) is 0.684. The van der Waals surface area contributed by atoms with E-state index in [0.717, 1.165) is 12.2 Å². The largest absolute Gasteiger partial charge is 0.480 e. The van der Waals surface area contributed by atoms with Gasteiger partial charge in [0.1, 0.15) is 6.04 Å². The first-order valence-corrected chi connectivity index (χ1v) is 4.85. The number of carboxylic acid groups (broad SMARTS) is 1. The maximum Gasteiger partial charge on any atom is 0.320 e. The highest BCUT2D eigenvalue weighted by Gasteiger charge is 2.21. The van der Waals surface area contributed by atoms with E-state index in [4.69, 9.17) is 10.8 Å². The first-order chi connectivity index (χ1) is 5.20. The average molecular weight is 175 g/mol. The van der Waals surface area contributed by atoms with Crippen molar-refractivity contribution in [1.29, 1.82) is 0 Å². The minimum Gasteiger partial charge on any atom is -0.480 e. The number of rotatable bonds is 3. The molecule has 0 saturated carbocycles. The second-order valence-electron chi connectivity index (χ2n) is 2.82. The maximum absolute atomic E-state index is 10.4. The Labute approximate surface area is 70.3 Å². The molecular weight excluding hydrogens is 162 g/mol. The summed E-state index contributed by atoms with van der Waals surface area (Å²) in [6.07, 6.45) is 2.97. The lowest BCUT2D eigenvalue weighted by molar-refractivity contribution is -0.138. The molecule has 1 rings (SSSR count). The van der Waals surface area contributed by atoms with Crippen molar-refractivity contribution in [2.24, 2.45) is 5.73 Å². The summed E-state index contributed by atoms with van der Waals surface area (Å²) in [5, 5.41) is 9.00. The van der Waals surface area contributed by atoms with E-state index >= 15 is 0 Å². The summed E-state index contributed by atoms with van der Waals surface area (Å²) in [7, 11) is 0. The number of hydrogen-bond acceptors (Lipinski definition) is 3. The molecule has 1 aliphatic heterocycles. The number of aliphatic carboxylic acids is 1. The van der Waals surface area contributed by atoms with Gasteiger partial charge in [-0.05, 0) is 25.0 Å². The Hall–Kier alpha value is -0.220. The van der Waals surface area contributed by atoms with Gasteiger partial charge in [-0.25, -0.2) is 0 Å². The molecular formula is C7H13NO2S. The van der Waals surface area contributed by atoms with E-state index in [1.165, 1.54) is 6.42 Å². The lowest BCUT2D eigenvalue weighted by atomic mass is 10.1. The molecule has 0 aliphatic carbocycles. The van der Waals surface area contributed by atoms with Crippen LogP contribution in [0.25, 0.3) is 0 Å². The van der Waals surface area contributed by atoms with Crippen LogP contribution in [0.2, 0.25) is 0 Å². The van der Waals surface area contributed by atoms with Crippen LogP contribution in [0.1, 0.15) is 19.3 Å². The SMILES string of the molecule is NC(CC1CCCS1)C(=O)O. The Bertz CT molecular complexity index is 145. The average Bonchev–Trinajstić information content (AvgIpc) is 2.39. The van der Waals surface area contributed by atoms with Crippen molar-refractivity contribution in [3.8, 4) is 0 Å². The predicted molar refractivity (Wildman–Crippen MR) is 45.7 cm³/mol. The summed E-state index contributed by atoms with van der Waals surface area (Å²) < 4.78 is 0. The topological polar surface area (TPSA) is 63.3 Å². The summed E-state index contributed by atoms with van der Waals surface area (Å²) in [4.78, 5) is 10.4. The fraction of sp³-hybridized carbons (Fsp3) is 0.857. The normalized spacial score (nSPS) is 26.8. The molecule has 2 atom stereocenters. The molecule has 0 aromatic heterocycles. The Morgan fingerprint density at radius 2 is 2.55 bits per heavy atom. The van der Waals surface area contributed by atoms with Crippen molar-refractivity contribution in [3.05, 3.63) is 0 Å². The van der Waals surface area contributed by atoms with Gasteiger partial charge in [0.05, 0.1) is 0 Å². The van der Waals surface area contributed by atoms with E-state index in [0.29, 0.717) is 11.7 Å². The van der Waals surface area contributed by atoms with Crippen molar-refractivity contribution >= 4 is 17.7 Å². The minimum absolute atomic E-state index is 0.487. The van der Waals surface area contributed by atoms with Crippen LogP contribution in [0.4, 0.5) is 0 Å². The lowest BCUT2D eigenvalue weighted by Gasteiger charge is -2.10. The van der Waals surface area contributed by atoms with Crippen LogP contribution in [0.3, 0.4) is 0 Å². The summed E-state index contributed by atoms with van der Waals surface area (Å²) >= 11 is 1.84. The zero-order chi connectivity index (χ0) is 8.27. The molecule has 1 aliphatic rings. The highest BCUT2D eigenvalue weighted by Crippen LogP contribution is 2.29. The first-order valence-electron chi connectivity index (χ1n) is 3.80. The number of carboxylic acids is 1. The van der Waals surface area contributed by atoms with E-state index in [1.807, 2.05) is 11.8 Å². The highest BCUT2D eigenvalue weighted by atomic mass is 32.2. The van der Waals surface area contributed by atoms with Crippen molar-refractivity contribution < 1.29 is 9.90 Å². The molecule has 1 saturated heterocycles. The fourth-order valence-corrected chi connectivity index (χ4v) is 2.56. The molecule has 1 fully saturated rings. The van der Waals surface area contributed by atoms with Gasteiger partial charge in [-0.3, -0.25) is 4.79 Å². The summed E-state index contributed by atoms with van der Waals surface area (Å²) in [5.74, 6) is 0.286. The van der Waals surface area contributed by atoms with E-state index in [9.17, 15) is 4.79 Å². The highest BCUT2D eigenvalue weighted by molar-refractivity contribution is 8.00. The Kier molecular flexibility index (Phi) is 3.20. The van der Waals surface area contributed by atoms with E-state index in [2.05, 4.69) is 0 Å². The van der Waals surface area contributed by atoms with Crippen molar-refractivity contribution in [1.82, 2.24) is 0 Å². The molecule has 4 heteroatoms. The molecule has 2 unspecified atom stereocenters. The monoisotopic (exact) mass is 175 g/mol. The Balaban J connectivity index is 2.23. The van der Waals surface area contributed by atoms with Crippen LogP contribution < -0.4 is 5.73 Å². The molecule has 0 radical (unpaired) electrons. The van der Waals surface area contributed by atoms with Crippen molar-refractivity contribution in [2.75, 3.05) is 5.75 Å². The molecule has 64 valence electrons. The molecule has 3 N–H and O–H groups in total. The van der Waals surface area contributed by atoms with E-state index < -0.39 is 12.0 Å². The number of nitrogens with two attached hydrogens (primary N) is 1. The maximum atomic E-state index is 10.4. The van der Waals surface area contributed by atoms with Gasteiger partial charge < -0.3 is 10.8 Å². The van der Waals surface area contributed by atoms with Gasteiger partial charge in [0, 0.05) is 5.25 Å². The van der Waals surface area contributed by atoms with Crippen LogP contribution in [0.5, 0.6) is 0 Å². The third kappa shape index (κ3) is 2.71. The Morgan fingerprint density at radius 3 is 3.00 bits per heavy atom. The van der Waals surface area contributed by atoms with Crippen LogP contribution in [-0.4, -0.2) is 28.1 Å². The Morgan fingerprint density at radius 1 is 1.82 bits per heavy atom. The first kappa shape index (κ1) is 8.87. The van der Waals surface area contributed by atoms with Gasteiger partial charge >= 0.3 is 5.97 Å². The molecule has 0 bridgehead atoms. The van der Waals surface area contributed by atoms with Gasteiger partial charge in [0.15, 0.2) is 0 Å². The number of carbonyl (C=O) groups is 1. The quantitative estimate of drug-likeness (QED) is 0.662. The van der Waals surface area contributed by atoms with E-state index in [1.54, 1.807) is 0 Å².